The van der Waals surface area contributed by atoms with Crippen LogP contribution in [0.2, 0.25) is 0 Å². The number of rotatable bonds is 3. The van der Waals surface area contributed by atoms with E-state index in [2.05, 4.69) is 0 Å². The van der Waals surface area contributed by atoms with Gasteiger partial charge < -0.3 is 15.9 Å². The maximum atomic E-state index is 12.7. The van der Waals surface area contributed by atoms with Gasteiger partial charge in [0.25, 0.3) is 0 Å². The number of phenols is 2. The quantitative estimate of drug-likeness (QED) is 0.721. The first-order valence-electron chi connectivity index (χ1n) is 5.10. The van der Waals surface area contributed by atoms with Crippen LogP contribution in [0, 0.1) is 0 Å². The Labute approximate surface area is 96.7 Å². The molecular formula is C11H14F3NO2. The highest BCUT2D eigenvalue weighted by Gasteiger charge is 2.35. The maximum absolute atomic E-state index is 12.7. The fourth-order valence-corrected chi connectivity index (χ4v) is 1.65. The predicted molar refractivity (Wildman–Crippen MR) is 56.9 cm³/mol. The van der Waals surface area contributed by atoms with E-state index >= 15 is 0 Å². The number of nitrogens with two attached hydrogens (primary N) is 1. The molecule has 1 rings (SSSR count). The first kappa shape index (κ1) is 13.6. The van der Waals surface area contributed by atoms with Crippen molar-refractivity contribution in [3.05, 3.63) is 23.3 Å². The van der Waals surface area contributed by atoms with E-state index in [4.69, 9.17) is 10.8 Å². The SMILES string of the molecule is CC(CCN)c1cc(O)c(O)cc1C(F)(F)F. The summed E-state index contributed by atoms with van der Waals surface area (Å²) in [7, 11) is 0. The molecule has 1 aromatic carbocycles. The molecule has 1 unspecified atom stereocenters. The number of phenolic OH excluding ortho intramolecular Hbond substituents is 2. The van der Waals surface area contributed by atoms with Crippen LogP contribution in [0.25, 0.3) is 0 Å². The summed E-state index contributed by atoms with van der Waals surface area (Å²) in [6.45, 7) is 1.84. The second kappa shape index (κ2) is 4.83. The fourth-order valence-electron chi connectivity index (χ4n) is 1.65. The topological polar surface area (TPSA) is 66.5 Å². The van der Waals surface area contributed by atoms with E-state index in [9.17, 15) is 18.3 Å². The minimum Gasteiger partial charge on any atom is -0.504 e. The summed E-state index contributed by atoms with van der Waals surface area (Å²) in [5.41, 5.74) is 4.31. The highest BCUT2D eigenvalue weighted by atomic mass is 19.4. The lowest BCUT2D eigenvalue weighted by atomic mass is 9.92. The molecule has 3 nitrogen and oxygen atoms in total. The third-order valence-corrected chi connectivity index (χ3v) is 2.58. The van der Waals surface area contributed by atoms with E-state index in [0.717, 1.165) is 6.07 Å². The van der Waals surface area contributed by atoms with Crippen molar-refractivity contribution in [2.24, 2.45) is 5.73 Å². The van der Waals surface area contributed by atoms with Crippen LogP contribution >= 0.6 is 0 Å². The molecule has 0 aliphatic heterocycles. The van der Waals surface area contributed by atoms with Crippen molar-refractivity contribution in [1.29, 1.82) is 0 Å². The Morgan fingerprint density at radius 2 is 1.76 bits per heavy atom. The Morgan fingerprint density at radius 1 is 1.24 bits per heavy atom. The number of halogens is 3. The van der Waals surface area contributed by atoms with E-state index in [1.807, 2.05) is 0 Å². The second-order valence-corrected chi connectivity index (χ2v) is 3.90. The normalized spacial score (nSPS) is 13.7. The van der Waals surface area contributed by atoms with E-state index in [-0.39, 0.29) is 12.1 Å². The maximum Gasteiger partial charge on any atom is 0.416 e. The number of hydrogen-bond donors (Lipinski definition) is 3. The molecule has 1 aromatic rings. The molecule has 0 aliphatic rings. The fraction of sp³-hybridized carbons (Fsp3) is 0.455. The monoisotopic (exact) mass is 249 g/mol. The number of alkyl halides is 3. The van der Waals surface area contributed by atoms with Gasteiger partial charge in [-0.2, -0.15) is 13.2 Å². The molecule has 17 heavy (non-hydrogen) atoms. The van der Waals surface area contributed by atoms with Crippen molar-refractivity contribution in [2.45, 2.75) is 25.4 Å². The van der Waals surface area contributed by atoms with Crippen molar-refractivity contribution >= 4 is 0 Å². The summed E-state index contributed by atoms with van der Waals surface area (Å²) in [5.74, 6) is -1.78. The van der Waals surface area contributed by atoms with Gasteiger partial charge in [-0.1, -0.05) is 6.92 Å². The summed E-state index contributed by atoms with van der Waals surface area (Å²) < 4.78 is 38.2. The predicted octanol–water partition coefficient (Wildman–Crippen LogP) is 2.57. The van der Waals surface area contributed by atoms with Gasteiger partial charge in [-0.25, -0.2) is 0 Å². The van der Waals surface area contributed by atoms with Gasteiger partial charge in [0.05, 0.1) is 5.56 Å². The van der Waals surface area contributed by atoms with Gasteiger partial charge in [-0.15, -0.1) is 0 Å². The van der Waals surface area contributed by atoms with Crippen molar-refractivity contribution in [3.63, 3.8) is 0 Å². The van der Waals surface area contributed by atoms with Gasteiger partial charge in [0.1, 0.15) is 0 Å². The molecule has 0 aromatic heterocycles. The lowest BCUT2D eigenvalue weighted by molar-refractivity contribution is -0.138. The van der Waals surface area contributed by atoms with Gasteiger partial charge in [0.15, 0.2) is 11.5 Å². The lowest BCUT2D eigenvalue weighted by Crippen LogP contribution is -2.13. The zero-order valence-electron chi connectivity index (χ0n) is 9.25. The molecule has 0 radical (unpaired) electrons. The Morgan fingerprint density at radius 3 is 2.24 bits per heavy atom. The van der Waals surface area contributed by atoms with Crippen LogP contribution in [0.5, 0.6) is 11.5 Å². The first-order valence-corrected chi connectivity index (χ1v) is 5.10. The smallest absolute Gasteiger partial charge is 0.416 e. The first-order chi connectivity index (χ1) is 7.77. The number of hydrogen-bond acceptors (Lipinski definition) is 3. The van der Waals surface area contributed by atoms with Crippen LogP contribution in [0.3, 0.4) is 0 Å². The van der Waals surface area contributed by atoms with Gasteiger partial charge in [-0.05, 0) is 36.6 Å². The Hall–Kier alpha value is -1.43. The van der Waals surface area contributed by atoms with Crippen LogP contribution < -0.4 is 5.73 Å². The largest absolute Gasteiger partial charge is 0.504 e. The summed E-state index contributed by atoms with van der Waals surface area (Å²) in [6, 6.07) is 1.48. The molecule has 0 fully saturated rings. The third kappa shape index (κ3) is 3.03. The molecule has 0 saturated carbocycles. The number of aromatic hydroxyl groups is 2. The third-order valence-electron chi connectivity index (χ3n) is 2.58. The molecule has 6 heteroatoms. The van der Waals surface area contributed by atoms with Crippen molar-refractivity contribution in [1.82, 2.24) is 0 Å². The summed E-state index contributed by atoms with van der Waals surface area (Å²) in [4.78, 5) is 0. The highest BCUT2D eigenvalue weighted by molar-refractivity contribution is 5.47. The van der Waals surface area contributed by atoms with Gasteiger partial charge in [0.2, 0.25) is 0 Å². The van der Waals surface area contributed by atoms with Gasteiger partial charge >= 0.3 is 6.18 Å². The molecule has 0 bridgehead atoms. The Bertz CT molecular complexity index is 404. The molecule has 0 amide bonds. The summed E-state index contributed by atoms with van der Waals surface area (Å²) >= 11 is 0. The number of benzene rings is 1. The van der Waals surface area contributed by atoms with E-state index in [1.165, 1.54) is 0 Å². The zero-order valence-corrected chi connectivity index (χ0v) is 9.25. The molecule has 0 spiro atoms. The molecule has 0 heterocycles. The highest BCUT2D eigenvalue weighted by Crippen LogP contribution is 2.41. The van der Waals surface area contributed by atoms with Crippen molar-refractivity contribution < 1.29 is 23.4 Å². The molecular weight excluding hydrogens is 235 g/mol. The van der Waals surface area contributed by atoms with Crippen LogP contribution in [-0.4, -0.2) is 16.8 Å². The lowest BCUT2D eigenvalue weighted by Gasteiger charge is -2.18. The van der Waals surface area contributed by atoms with Crippen LogP contribution in [0.4, 0.5) is 13.2 Å². The minimum absolute atomic E-state index is 0.0572. The molecule has 96 valence electrons. The van der Waals surface area contributed by atoms with Crippen LogP contribution in [-0.2, 0) is 6.18 Å². The van der Waals surface area contributed by atoms with Crippen molar-refractivity contribution in [3.8, 4) is 11.5 Å². The van der Waals surface area contributed by atoms with Crippen LogP contribution in [0.15, 0.2) is 12.1 Å². The van der Waals surface area contributed by atoms with Gasteiger partial charge in [-0.3, -0.25) is 0 Å². The zero-order chi connectivity index (χ0) is 13.2. The summed E-state index contributed by atoms with van der Waals surface area (Å²) in [5, 5.41) is 18.4. The Kier molecular flexibility index (Phi) is 3.87. The minimum atomic E-state index is -4.57. The van der Waals surface area contributed by atoms with Crippen LogP contribution in [0.1, 0.15) is 30.4 Å². The molecule has 4 N–H and O–H groups in total. The summed E-state index contributed by atoms with van der Waals surface area (Å²) in [6.07, 6.45) is -4.20. The Balaban J connectivity index is 3.31. The van der Waals surface area contributed by atoms with Gasteiger partial charge in [0, 0.05) is 0 Å². The molecule has 1 atom stereocenters. The average molecular weight is 249 g/mol. The van der Waals surface area contributed by atoms with Crippen molar-refractivity contribution in [2.75, 3.05) is 6.54 Å². The van der Waals surface area contributed by atoms with E-state index in [1.54, 1.807) is 6.92 Å². The molecule has 0 saturated heterocycles. The van der Waals surface area contributed by atoms with E-state index in [0.29, 0.717) is 12.5 Å². The van der Waals surface area contributed by atoms with E-state index < -0.39 is 29.2 Å². The average Bonchev–Trinajstić information content (AvgIpc) is 2.20. The molecule has 0 aliphatic carbocycles. The second-order valence-electron chi connectivity index (χ2n) is 3.90. The standard InChI is InChI=1S/C11H14F3NO2/c1-6(2-3-15)7-4-9(16)10(17)5-8(7)11(12,13)14/h4-6,16-17H,2-3,15H2,1H3.